The number of hydrogen-bond donors (Lipinski definition) is 1. The van der Waals surface area contributed by atoms with Crippen LogP contribution in [0.5, 0.6) is 5.88 Å². The number of amides is 2. The number of carbonyl (C=O) groups excluding carboxylic acids is 1. The highest BCUT2D eigenvalue weighted by molar-refractivity contribution is 5.89. The van der Waals surface area contributed by atoms with E-state index < -0.39 is 0 Å². The third-order valence-corrected chi connectivity index (χ3v) is 3.40. The smallest absolute Gasteiger partial charge is 0.322 e. The second kappa shape index (κ2) is 8.83. The van der Waals surface area contributed by atoms with E-state index in [0.717, 1.165) is 12.1 Å². The van der Waals surface area contributed by atoms with Crippen molar-refractivity contribution in [3.8, 4) is 5.88 Å². The van der Waals surface area contributed by atoms with Gasteiger partial charge in [0.15, 0.2) is 0 Å². The molecule has 128 valence electrons. The van der Waals surface area contributed by atoms with Gasteiger partial charge in [-0.2, -0.15) is 0 Å². The van der Waals surface area contributed by atoms with Crippen LogP contribution in [0, 0.1) is 0 Å². The van der Waals surface area contributed by atoms with Crippen molar-refractivity contribution in [3.05, 3.63) is 48.4 Å². The standard InChI is InChI=1S/C17H23N5O2/c1-21(2)9-10-22(13-14-5-4-8-18-11-14)17(23)20-15-6-7-16(24-3)19-12-15/h4-8,11-12H,9-10,13H2,1-3H3,(H,20,23). The monoisotopic (exact) mass is 329 g/mol. The van der Waals surface area contributed by atoms with Gasteiger partial charge >= 0.3 is 6.03 Å². The van der Waals surface area contributed by atoms with Gasteiger partial charge in [0.25, 0.3) is 0 Å². The van der Waals surface area contributed by atoms with Crippen LogP contribution >= 0.6 is 0 Å². The zero-order valence-electron chi connectivity index (χ0n) is 14.3. The number of hydrogen-bond acceptors (Lipinski definition) is 5. The molecule has 0 bridgehead atoms. The Morgan fingerprint density at radius 1 is 1.21 bits per heavy atom. The number of rotatable bonds is 7. The molecule has 0 atom stereocenters. The second-order valence-corrected chi connectivity index (χ2v) is 5.61. The number of anilines is 1. The lowest BCUT2D eigenvalue weighted by Gasteiger charge is -2.24. The fourth-order valence-corrected chi connectivity index (χ4v) is 2.06. The number of urea groups is 1. The molecule has 0 unspecified atom stereocenters. The molecule has 0 saturated carbocycles. The van der Waals surface area contributed by atoms with E-state index in [4.69, 9.17) is 4.74 Å². The van der Waals surface area contributed by atoms with Gasteiger partial charge in [-0.05, 0) is 31.8 Å². The van der Waals surface area contributed by atoms with Crippen LogP contribution in [0.3, 0.4) is 0 Å². The van der Waals surface area contributed by atoms with Gasteiger partial charge in [-0.15, -0.1) is 0 Å². The molecule has 0 aliphatic carbocycles. The van der Waals surface area contributed by atoms with E-state index in [2.05, 4.69) is 15.3 Å². The van der Waals surface area contributed by atoms with Crippen LogP contribution in [0.4, 0.5) is 10.5 Å². The van der Waals surface area contributed by atoms with E-state index in [9.17, 15) is 4.79 Å². The lowest BCUT2D eigenvalue weighted by atomic mass is 10.2. The highest BCUT2D eigenvalue weighted by Crippen LogP contribution is 2.12. The van der Waals surface area contributed by atoms with Gasteiger partial charge in [-0.1, -0.05) is 6.07 Å². The SMILES string of the molecule is COc1ccc(NC(=O)N(CCN(C)C)Cc2cccnc2)cn1. The molecule has 0 fully saturated rings. The van der Waals surface area contributed by atoms with Gasteiger partial charge in [0.1, 0.15) is 0 Å². The number of ether oxygens (including phenoxy) is 1. The number of pyridine rings is 2. The number of nitrogens with zero attached hydrogens (tertiary/aromatic N) is 4. The Morgan fingerprint density at radius 3 is 2.62 bits per heavy atom. The van der Waals surface area contributed by atoms with E-state index >= 15 is 0 Å². The Morgan fingerprint density at radius 2 is 2.04 bits per heavy atom. The van der Waals surface area contributed by atoms with Crippen molar-refractivity contribution in [1.29, 1.82) is 0 Å². The van der Waals surface area contributed by atoms with Crippen molar-refractivity contribution >= 4 is 11.7 Å². The minimum absolute atomic E-state index is 0.173. The molecule has 2 amide bonds. The first-order valence-electron chi connectivity index (χ1n) is 7.68. The Hall–Kier alpha value is -2.67. The summed E-state index contributed by atoms with van der Waals surface area (Å²) in [5.41, 5.74) is 1.61. The molecule has 2 rings (SSSR count). The molecule has 2 aromatic rings. The predicted molar refractivity (Wildman–Crippen MR) is 93.0 cm³/mol. The quantitative estimate of drug-likeness (QED) is 0.842. The molecule has 7 nitrogen and oxygen atoms in total. The van der Waals surface area contributed by atoms with Crippen molar-refractivity contribution in [2.75, 3.05) is 39.6 Å². The summed E-state index contributed by atoms with van der Waals surface area (Å²) in [6, 6.07) is 7.12. The van der Waals surface area contributed by atoms with Crippen LogP contribution in [-0.4, -0.2) is 60.1 Å². The lowest BCUT2D eigenvalue weighted by Crippen LogP contribution is -2.39. The second-order valence-electron chi connectivity index (χ2n) is 5.61. The summed E-state index contributed by atoms with van der Waals surface area (Å²) in [4.78, 5) is 24.6. The van der Waals surface area contributed by atoms with E-state index in [1.54, 1.807) is 42.7 Å². The minimum Gasteiger partial charge on any atom is -0.481 e. The summed E-state index contributed by atoms with van der Waals surface area (Å²) in [7, 11) is 5.51. The third kappa shape index (κ3) is 5.51. The van der Waals surface area contributed by atoms with Gasteiger partial charge < -0.3 is 19.9 Å². The van der Waals surface area contributed by atoms with Gasteiger partial charge in [0.05, 0.1) is 19.0 Å². The van der Waals surface area contributed by atoms with Crippen molar-refractivity contribution in [1.82, 2.24) is 19.8 Å². The van der Waals surface area contributed by atoms with Crippen molar-refractivity contribution in [3.63, 3.8) is 0 Å². The largest absolute Gasteiger partial charge is 0.481 e. The average molecular weight is 329 g/mol. The van der Waals surface area contributed by atoms with Gasteiger partial charge in [-0.3, -0.25) is 4.98 Å². The predicted octanol–water partition coefficient (Wildman–Crippen LogP) is 2.08. The molecule has 0 aliphatic heterocycles. The van der Waals surface area contributed by atoms with Crippen LogP contribution in [0.25, 0.3) is 0 Å². The summed E-state index contributed by atoms with van der Waals surface area (Å²) in [6.07, 6.45) is 5.06. The summed E-state index contributed by atoms with van der Waals surface area (Å²) < 4.78 is 5.02. The third-order valence-electron chi connectivity index (χ3n) is 3.40. The maximum absolute atomic E-state index is 12.6. The first-order valence-corrected chi connectivity index (χ1v) is 7.68. The first kappa shape index (κ1) is 17.7. The summed E-state index contributed by atoms with van der Waals surface area (Å²) in [5.74, 6) is 0.507. The van der Waals surface area contributed by atoms with Crippen LogP contribution in [-0.2, 0) is 6.54 Å². The molecule has 24 heavy (non-hydrogen) atoms. The van der Waals surface area contributed by atoms with Crippen LogP contribution in [0.15, 0.2) is 42.9 Å². The first-order chi connectivity index (χ1) is 11.6. The van der Waals surface area contributed by atoms with Gasteiger partial charge in [-0.25, -0.2) is 9.78 Å². The Bertz CT molecular complexity index is 631. The van der Waals surface area contributed by atoms with Crippen LogP contribution in [0.2, 0.25) is 0 Å². The van der Waals surface area contributed by atoms with Crippen molar-refractivity contribution < 1.29 is 9.53 Å². The zero-order chi connectivity index (χ0) is 17.4. The molecule has 0 saturated heterocycles. The van der Waals surface area contributed by atoms with Crippen molar-refractivity contribution in [2.45, 2.75) is 6.54 Å². The Kier molecular flexibility index (Phi) is 6.51. The molecular formula is C17H23N5O2. The van der Waals surface area contributed by atoms with Crippen LogP contribution < -0.4 is 10.1 Å². The van der Waals surface area contributed by atoms with Gasteiger partial charge in [0, 0.05) is 38.1 Å². The number of methoxy groups -OCH3 is 1. The summed E-state index contributed by atoms with van der Waals surface area (Å²) in [6.45, 7) is 1.88. The van der Waals surface area contributed by atoms with Crippen molar-refractivity contribution in [2.24, 2.45) is 0 Å². The number of aromatic nitrogens is 2. The molecule has 1 N–H and O–H groups in total. The van der Waals surface area contributed by atoms with Gasteiger partial charge in [0.2, 0.25) is 5.88 Å². The molecule has 0 radical (unpaired) electrons. The van der Waals surface area contributed by atoms with E-state index in [1.165, 1.54) is 0 Å². The summed E-state index contributed by atoms with van der Waals surface area (Å²) >= 11 is 0. The molecule has 0 spiro atoms. The normalized spacial score (nSPS) is 10.5. The zero-order valence-corrected chi connectivity index (χ0v) is 14.3. The number of carbonyl (C=O) groups is 1. The topological polar surface area (TPSA) is 70.6 Å². The average Bonchev–Trinajstić information content (AvgIpc) is 2.60. The van der Waals surface area contributed by atoms with E-state index in [0.29, 0.717) is 24.7 Å². The highest BCUT2D eigenvalue weighted by atomic mass is 16.5. The van der Waals surface area contributed by atoms with E-state index in [-0.39, 0.29) is 6.03 Å². The van der Waals surface area contributed by atoms with E-state index in [1.807, 2.05) is 31.1 Å². The minimum atomic E-state index is -0.173. The maximum Gasteiger partial charge on any atom is 0.322 e. The fourth-order valence-electron chi connectivity index (χ4n) is 2.06. The molecule has 2 heterocycles. The number of likely N-dealkylation sites (N-methyl/N-ethyl adjacent to an activating group) is 1. The fraction of sp³-hybridized carbons (Fsp3) is 0.353. The lowest BCUT2D eigenvalue weighted by molar-refractivity contribution is 0.202. The molecule has 0 aromatic carbocycles. The molecule has 0 aliphatic rings. The van der Waals surface area contributed by atoms with Crippen LogP contribution in [0.1, 0.15) is 5.56 Å². The molecule has 7 heteroatoms. The molecule has 2 aromatic heterocycles. The molecular weight excluding hydrogens is 306 g/mol. The summed E-state index contributed by atoms with van der Waals surface area (Å²) in [5, 5.41) is 2.87. The highest BCUT2D eigenvalue weighted by Gasteiger charge is 2.15. The number of nitrogens with one attached hydrogen (secondary N) is 1. The Labute approximate surface area is 142 Å². The maximum atomic E-state index is 12.6. The Balaban J connectivity index is 2.04.